The van der Waals surface area contributed by atoms with E-state index in [1.165, 1.54) is 30.3 Å². The molecule has 0 spiro atoms. The van der Waals surface area contributed by atoms with Gasteiger partial charge in [-0.1, -0.05) is 24.3 Å². The molecule has 0 bridgehead atoms. The van der Waals surface area contributed by atoms with Crippen molar-refractivity contribution < 1.29 is 18.0 Å². The van der Waals surface area contributed by atoms with Crippen LogP contribution in [0, 0.1) is 17.5 Å². The highest BCUT2D eigenvalue weighted by Gasteiger charge is 2.17. The molecular weight excluding hydrogens is 243 g/mol. The van der Waals surface area contributed by atoms with Gasteiger partial charge in [0, 0.05) is 11.1 Å². The number of hydrogen-bond acceptors (Lipinski definition) is 1. The second kappa shape index (κ2) is 4.52. The third-order valence-corrected chi connectivity index (χ3v) is 2.51. The summed E-state index contributed by atoms with van der Waals surface area (Å²) in [7, 11) is 0. The summed E-state index contributed by atoms with van der Waals surface area (Å²) in [6, 6.07) is 7.18. The Labute approximate surface area is 101 Å². The number of benzene rings is 2. The summed E-state index contributed by atoms with van der Waals surface area (Å²) in [5.41, 5.74) is 4.16. The second-order valence-electron chi connectivity index (χ2n) is 3.63. The molecule has 5 heteroatoms. The number of hydrogen-bond donors (Lipinski definition) is 1. The summed E-state index contributed by atoms with van der Waals surface area (Å²) >= 11 is 0. The normalized spacial score (nSPS) is 10.4. The Kier molecular flexibility index (Phi) is 3.06. The van der Waals surface area contributed by atoms with E-state index in [2.05, 4.69) is 0 Å². The first-order valence-corrected chi connectivity index (χ1v) is 5.05. The van der Waals surface area contributed by atoms with E-state index in [4.69, 9.17) is 5.73 Å². The van der Waals surface area contributed by atoms with Crippen LogP contribution >= 0.6 is 0 Å². The van der Waals surface area contributed by atoms with E-state index in [9.17, 15) is 18.0 Å². The molecule has 2 aromatic carbocycles. The Morgan fingerprint density at radius 2 is 1.44 bits per heavy atom. The Bertz CT molecular complexity index is 626. The Balaban J connectivity index is 2.69. The highest BCUT2D eigenvalue weighted by Crippen LogP contribution is 2.28. The number of rotatable bonds is 2. The SMILES string of the molecule is NC(=O)c1cccc(-c2cccc(F)c2F)c1F. The van der Waals surface area contributed by atoms with Crippen LogP contribution in [-0.4, -0.2) is 5.91 Å². The molecule has 2 rings (SSSR count). The number of amides is 1. The minimum Gasteiger partial charge on any atom is -0.366 e. The molecule has 92 valence electrons. The van der Waals surface area contributed by atoms with Crippen molar-refractivity contribution in [1.82, 2.24) is 0 Å². The largest absolute Gasteiger partial charge is 0.366 e. The van der Waals surface area contributed by atoms with Gasteiger partial charge in [0.25, 0.3) is 5.91 Å². The highest BCUT2D eigenvalue weighted by atomic mass is 19.2. The van der Waals surface area contributed by atoms with Crippen molar-refractivity contribution in [3.05, 3.63) is 59.4 Å². The van der Waals surface area contributed by atoms with Gasteiger partial charge in [-0.3, -0.25) is 4.79 Å². The van der Waals surface area contributed by atoms with E-state index in [1.54, 1.807) is 0 Å². The molecule has 1 amide bonds. The van der Waals surface area contributed by atoms with E-state index in [1.807, 2.05) is 0 Å². The lowest BCUT2D eigenvalue weighted by molar-refractivity contribution is 0.0996. The van der Waals surface area contributed by atoms with Crippen LogP contribution in [0.1, 0.15) is 10.4 Å². The molecule has 0 atom stereocenters. The molecule has 0 unspecified atom stereocenters. The maximum absolute atomic E-state index is 13.9. The van der Waals surface area contributed by atoms with Crippen LogP contribution in [0.25, 0.3) is 11.1 Å². The molecule has 0 aliphatic carbocycles. The third-order valence-electron chi connectivity index (χ3n) is 2.51. The molecule has 18 heavy (non-hydrogen) atoms. The molecule has 0 heterocycles. The quantitative estimate of drug-likeness (QED) is 0.876. The van der Waals surface area contributed by atoms with Gasteiger partial charge in [0.2, 0.25) is 0 Å². The zero-order valence-electron chi connectivity index (χ0n) is 9.08. The minimum atomic E-state index is -1.17. The lowest BCUT2D eigenvalue weighted by Crippen LogP contribution is -2.13. The topological polar surface area (TPSA) is 43.1 Å². The third kappa shape index (κ3) is 1.95. The summed E-state index contributed by atoms with van der Waals surface area (Å²) in [6.07, 6.45) is 0. The van der Waals surface area contributed by atoms with Gasteiger partial charge in [0.05, 0.1) is 5.56 Å². The summed E-state index contributed by atoms with van der Waals surface area (Å²) < 4.78 is 40.5. The van der Waals surface area contributed by atoms with Gasteiger partial charge in [0.1, 0.15) is 5.82 Å². The second-order valence-corrected chi connectivity index (χ2v) is 3.63. The summed E-state index contributed by atoms with van der Waals surface area (Å²) in [6.45, 7) is 0. The van der Waals surface area contributed by atoms with Crippen molar-refractivity contribution in [3.63, 3.8) is 0 Å². The molecule has 2 N–H and O–H groups in total. The molecule has 0 fully saturated rings. The lowest BCUT2D eigenvalue weighted by Gasteiger charge is -2.07. The van der Waals surface area contributed by atoms with Crippen molar-refractivity contribution in [2.75, 3.05) is 0 Å². The van der Waals surface area contributed by atoms with E-state index in [0.29, 0.717) is 0 Å². The lowest BCUT2D eigenvalue weighted by atomic mass is 10.0. The number of primary amides is 1. The fourth-order valence-corrected chi connectivity index (χ4v) is 1.64. The Hall–Kier alpha value is -2.30. The summed E-state index contributed by atoms with van der Waals surface area (Å²) in [5.74, 6) is -4.19. The maximum Gasteiger partial charge on any atom is 0.251 e. The maximum atomic E-state index is 13.9. The Morgan fingerprint density at radius 3 is 2.06 bits per heavy atom. The summed E-state index contributed by atoms with van der Waals surface area (Å²) in [5, 5.41) is 0. The average Bonchev–Trinajstić information content (AvgIpc) is 2.33. The van der Waals surface area contributed by atoms with Crippen LogP contribution < -0.4 is 5.73 Å². The molecular formula is C13H8F3NO. The number of carbonyl (C=O) groups excluding carboxylic acids is 1. The van der Waals surface area contributed by atoms with Crippen LogP contribution in [0.4, 0.5) is 13.2 Å². The molecule has 0 saturated heterocycles. The highest BCUT2D eigenvalue weighted by molar-refractivity contribution is 5.94. The number of nitrogens with two attached hydrogens (primary N) is 1. The Morgan fingerprint density at radius 1 is 0.889 bits per heavy atom. The predicted octanol–water partition coefficient (Wildman–Crippen LogP) is 2.87. The van der Waals surface area contributed by atoms with E-state index in [-0.39, 0.29) is 16.7 Å². The standard InChI is InChI=1S/C13H8F3NO/c14-10-6-2-4-8(12(10)16)7-3-1-5-9(11(7)15)13(17)18/h1-6H,(H2,17,18). The number of carbonyl (C=O) groups is 1. The van der Waals surface area contributed by atoms with Gasteiger partial charge in [-0.25, -0.2) is 13.2 Å². The van der Waals surface area contributed by atoms with Gasteiger partial charge in [0.15, 0.2) is 11.6 Å². The number of halogens is 3. The first-order valence-electron chi connectivity index (χ1n) is 5.05. The van der Waals surface area contributed by atoms with Crippen LogP contribution in [0.3, 0.4) is 0 Å². The molecule has 0 saturated carbocycles. The zero-order valence-corrected chi connectivity index (χ0v) is 9.08. The fourth-order valence-electron chi connectivity index (χ4n) is 1.64. The fraction of sp³-hybridized carbons (Fsp3) is 0. The van der Waals surface area contributed by atoms with E-state index < -0.39 is 23.4 Å². The smallest absolute Gasteiger partial charge is 0.251 e. The van der Waals surface area contributed by atoms with Crippen molar-refractivity contribution >= 4 is 5.91 Å². The van der Waals surface area contributed by atoms with Crippen molar-refractivity contribution in [2.45, 2.75) is 0 Å². The first-order chi connectivity index (χ1) is 8.52. The monoisotopic (exact) mass is 251 g/mol. The minimum absolute atomic E-state index is 0.205. The van der Waals surface area contributed by atoms with Crippen LogP contribution in [0.5, 0.6) is 0 Å². The molecule has 2 aromatic rings. The van der Waals surface area contributed by atoms with Crippen molar-refractivity contribution in [3.8, 4) is 11.1 Å². The van der Waals surface area contributed by atoms with E-state index >= 15 is 0 Å². The van der Waals surface area contributed by atoms with Crippen LogP contribution in [0.2, 0.25) is 0 Å². The summed E-state index contributed by atoms with van der Waals surface area (Å²) in [4.78, 5) is 11.0. The molecule has 0 aliphatic heterocycles. The van der Waals surface area contributed by atoms with Crippen molar-refractivity contribution in [2.24, 2.45) is 5.73 Å². The van der Waals surface area contributed by atoms with E-state index in [0.717, 1.165) is 6.07 Å². The molecule has 0 aliphatic rings. The van der Waals surface area contributed by atoms with Gasteiger partial charge in [-0.15, -0.1) is 0 Å². The van der Waals surface area contributed by atoms with Gasteiger partial charge < -0.3 is 5.73 Å². The zero-order chi connectivity index (χ0) is 13.3. The first kappa shape index (κ1) is 12.2. The molecule has 0 radical (unpaired) electrons. The van der Waals surface area contributed by atoms with Crippen molar-refractivity contribution in [1.29, 1.82) is 0 Å². The van der Waals surface area contributed by atoms with Gasteiger partial charge >= 0.3 is 0 Å². The predicted molar refractivity (Wildman–Crippen MR) is 60.3 cm³/mol. The van der Waals surface area contributed by atoms with Crippen LogP contribution in [0.15, 0.2) is 36.4 Å². The molecule has 2 nitrogen and oxygen atoms in total. The van der Waals surface area contributed by atoms with Gasteiger partial charge in [-0.05, 0) is 12.1 Å². The van der Waals surface area contributed by atoms with Gasteiger partial charge in [-0.2, -0.15) is 0 Å². The average molecular weight is 251 g/mol. The molecule has 0 aromatic heterocycles. The van der Waals surface area contributed by atoms with Crippen LogP contribution in [-0.2, 0) is 0 Å².